The van der Waals surface area contributed by atoms with Crippen LogP contribution in [0.5, 0.6) is 5.75 Å². The number of carbonyl (C=O) groups is 1. The summed E-state index contributed by atoms with van der Waals surface area (Å²) in [7, 11) is -3.09. The Morgan fingerprint density at radius 3 is 2.63 bits per heavy atom. The topological polar surface area (TPSA) is 104 Å². The van der Waals surface area contributed by atoms with Gasteiger partial charge in [-0.15, -0.1) is 0 Å². The summed E-state index contributed by atoms with van der Waals surface area (Å²) in [5.41, 5.74) is -0.00586. The molecule has 8 heteroatoms. The van der Waals surface area contributed by atoms with E-state index in [-0.39, 0.29) is 35.8 Å². The summed E-state index contributed by atoms with van der Waals surface area (Å²) in [6.07, 6.45) is 1.87. The highest BCUT2D eigenvalue weighted by Crippen LogP contribution is 2.27. The Kier molecular flexibility index (Phi) is 4.99. The van der Waals surface area contributed by atoms with Crippen molar-refractivity contribution in [3.05, 3.63) is 33.9 Å². The maximum Gasteiger partial charge on any atom is 0.310 e. The molecule has 1 rings (SSSR count). The van der Waals surface area contributed by atoms with Gasteiger partial charge in [-0.1, -0.05) is 0 Å². The van der Waals surface area contributed by atoms with Crippen molar-refractivity contribution in [2.24, 2.45) is 0 Å². The Hall–Kier alpha value is -1.96. The Balaban J connectivity index is 2.75. The highest BCUT2D eigenvalue weighted by Gasteiger charge is 2.15. The number of carbonyl (C=O) groups excluding carboxylic acids is 1. The predicted molar refractivity (Wildman–Crippen MR) is 68.3 cm³/mol. The number of rotatable bonds is 7. The van der Waals surface area contributed by atoms with Gasteiger partial charge in [0.05, 0.1) is 17.3 Å². The normalized spacial score (nSPS) is 11.0. The first-order chi connectivity index (χ1) is 8.83. The van der Waals surface area contributed by atoms with Gasteiger partial charge in [0, 0.05) is 17.9 Å². The van der Waals surface area contributed by atoms with E-state index in [1.807, 2.05) is 0 Å². The average molecular weight is 287 g/mol. The summed E-state index contributed by atoms with van der Waals surface area (Å²) in [5.74, 6) is -0.100. The molecule has 0 N–H and O–H groups in total. The largest absolute Gasteiger partial charge is 0.487 e. The number of hydrogen-bond donors (Lipinski definition) is 0. The Morgan fingerprint density at radius 1 is 1.42 bits per heavy atom. The van der Waals surface area contributed by atoms with Crippen LogP contribution in [0.1, 0.15) is 16.8 Å². The van der Waals surface area contributed by atoms with E-state index in [2.05, 4.69) is 0 Å². The molecule has 0 aliphatic heterocycles. The van der Waals surface area contributed by atoms with Crippen LogP contribution >= 0.6 is 0 Å². The first kappa shape index (κ1) is 15.1. The van der Waals surface area contributed by atoms with Crippen molar-refractivity contribution in [2.45, 2.75) is 6.42 Å². The molecule has 0 saturated heterocycles. The van der Waals surface area contributed by atoms with Crippen LogP contribution in [-0.4, -0.2) is 38.2 Å². The second-order valence-electron chi connectivity index (χ2n) is 3.93. The molecule has 0 fully saturated rings. The van der Waals surface area contributed by atoms with E-state index >= 15 is 0 Å². The SMILES string of the molecule is CS(=O)(=O)CCCOc1cc(C=O)ccc1[N+](=O)[O-]. The molecule has 0 heterocycles. The van der Waals surface area contributed by atoms with Crippen LogP contribution < -0.4 is 4.74 Å². The van der Waals surface area contributed by atoms with Gasteiger partial charge in [-0.3, -0.25) is 14.9 Å². The molecular weight excluding hydrogens is 274 g/mol. The van der Waals surface area contributed by atoms with Crippen molar-refractivity contribution in [3.8, 4) is 5.75 Å². The first-order valence-corrected chi connectivity index (χ1v) is 7.43. The van der Waals surface area contributed by atoms with Gasteiger partial charge in [0.2, 0.25) is 0 Å². The van der Waals surface area contributed by atoms with Gasteiger partial charge in [-0.2, -0.15) is 0 Å². The van der Waals surface area contributed by atoms with Gasteiger partial charge in [-0.25, -0.2) is 8.42 Å². The Bertz CT molecular complexity index is 581. The third-order valence-corrected chi connectivity index (χ3v) is 3.26. The van der Waals surface area contributed by atoms with E-state index in [4.69, 9.17) is 4.74 Å². The quantitative estimate of drug-likeness (QED) is 0.323. The Labute approximate surface area is 110 Å². The van der Waals surface area contributed by atoms with Gasteiger partial charge in [0.15, 0.2) is 5.75 Å². The predicted octanol–water partition coefficient (Wildman–Crippen LogP) is 1.22. The standard InChI is InChI=1S/C11H13NO6S/c1-19(16,17)6-2-5-18-11-7-9(8-13)3-4-10(11)12(14)15/h3-4,7-8H,2,5-6H2,1H3. The molecule has 0 aliphatic carbocycles. The number of sulfone groups is 1. The summed E-state index contributed by atoms with van der Waals surface area (Å²) in [6, 6.07) is 3.75. The molecule has 0 radical (unpaired) electrons. The van der Waals surface area contributed by atoms with Gasteiger partial charge < -0.3 is 4.74 Å². The van der Waals surface area contributed by atoms with Crippen molar-refractivity contribution >= 4 is 21.8 Å². The molecule has 0 saturated carbocycles. The molecular formula is C11H13NO6S. The molecule has 0 aromatic heterocycles. The van der Waals surface area contributed by atoms with Gasteiger partial charge in [0.25, 0.3) is 0 Å². The molecule has 0 spiro atoms. The lowest BCUT2D eigenvalue weighted by Crippen LogP contribution is -2.08. The summed E-state index contributed by atoms with van der Waals surface area (Å²) in [4.78, 5) is 20.7. The van der Waals surface area contributed by atoms with Crippen LogP contribution in [-0.2, 0) is 9.84 Å². The summed E-state index contributed by atoms with van der Waals surface area (Å²) in [6.45, 7) is 0.0240. The smallest absolute Gasteiger partial charge is 0.310 e. The second kappa shape index (κ2) is 6.28. The number of ether oxygens (including phenoxy) is 1. The number of aldehydes is 1. The second-order valence-corrected chi connectivity index (χ2v) is 6.19. The van der Waals surface area contributed by atoms with Crippen molar-refractivity contribution in [2.75, 3.05) is 18.6 Å². The number of benzene rings is 1. The molecule has 19 heavy (non-hydrogen) atoms. The van der Waals surface area contributed by atoms with Gasteiger partial charge >= 0.3 is 5.69 Å². The summed E-state index contributed by atoms with van der Waals surface area (Å²) in [5, 5.41) is 10.8. The van der Waals surface area contributed by atoms with E-state index < -0.39 is 14.8 Å². The first-order valence-electron chi connectivity index (χ1n) is 5.37. The number of nitro groups is 1. The fraction of sp³-hybridized carbons (Fsp3) is 0.364. The fourth-order valence-corrected chi connectivity index (χ4v) is 2.02. The van der Waals surface area contributed by atoms with Crippen molar-refractivity contribution in [3.63, 3.8) is 0 Å². The van der Waals surface area contributed by atoms with Crippen LogP contribution in [0.15, 0.2) is 18.2 Å². The zero-order chi connectivity index (χ0) is 14.5. The van der Waals surface area contributed by atoms with Crippen molar-refractivity contribution in [1.82, 2.24) is 0 Å². The van der Waals surface area contributed by atoms with Crippen LogP contribution in [0, 0.1) is 10.1 Å². The maximum atomic E-state index is 10.9. The minimum Gasteiger partial charge on any atom is -0.487 e. The van der Waals surface area contributed by atoms with Gasteiger partial charge in [-0.05, 0) is 18.6 Å². The van der Waals surface area contributed by atoms with Crippen molar-refractivity contribution < 1.29 is 22.9 Å². The lowest BCUT2D eigenvalue weighted by atomic mass is 10.2. The third kappa shape index (κ3) is 5.04. The average Bonchev–Trinajstić information content (AvgIpc) is 2.33. The van der Waals surface area contributed by atoms with E-state index in [0.29, 0.717) is 6.29 Å². The highest BCUT2D eigenvalue weighted by molar-refractivity contribution is 7.90. The molecule has 0 atom stereocenters. The van der Waals surface area contributed by atoms with E-state index in [1.165, 1.54) is 18.2 Å². The lowest BCUT2D eigenvalue weighted by Gasteiger charge is -2.06. The molecule has 0 bridgehead atoms. The maximum absolute atomic E-state index is 10.9. The van der Waals surface area contributed by atoms with Crippen molar-refractivity contribution in [1.29, 1.82) is 0 Å². The van der Waals surface area contributed by atoms with E-state index in [1.54, 1.807) is 0 Å². The zero-order valence-electron chi connectivity index (χ0n) is 10.2. The lowest BCUT2D eigenvalue weighted by molar-refractivity contribution is -0.385. The van der Waals surface area contributed by atoms with E-state index in [9.17, 15) is 23.3 Å². The monoisotopic (exact) mass is 287 g/mol. The number of hydrogen-bond acceptors (Lipinski definition) is 6. The molecule has 104 valence electrons. The molecule has 0 unspecified atom stereocenters. The van der Waals surface area contributed by atoms with Crippen LogP contribution in [0.2, 0.25) is 0 Å². The third-order valence-electron chi connectivity index (χ3n) is 2.23. The molecule has 0 amide bonds. The van der Waals surface area contributed by atoms with Crippen LogP contribution in [0.4, 0.5) is 5.69 Å². The molecule has 0 aliphatic rings. The molecule has 1 aromatic rings. The highest BCUT2D eigenvalue weighted by atomic mass is 32.2. The fourth-order valence-electron chi connectivity index (χ4n) is 1.37. The van der Waals surface area contributed by atoms with Crippen LogP contribution in [0.3, 0.4) is 0 Å². The number of nitrogens with zero attached hydrogens (tertiary/aromatic N) is 1. The summed E-state index contributed by atoms with van der Waals surface area (Å²) < 4.78 is 27.0. The summed E-state index contributed by atoms with van der Waals surface area (Å²) >= 11 is 0. The van der Waals surface area contributed by atoms with E-state index in [0.717, 1.165) is 6.26 Å². The van der Waals surface area contributed by atoms with Gasteiger partial charge in [0.1, 0.15) is 16.1 Å². The molecule has 1 aromatic carbocycles. The minimum atomic E-state index is -3.09. The zero-order valence-corrected chi connectivity index (χ0v) is 11.1. The van der Waals surface area contributed by atoms with Crippen LogP contribution in [0.25, 0.3) is 0 Å². The molecule has 7 nitrogen and oxygen atoms in total. The minimum absolute atomic E-state index is 0.0240. The Morgan fingerprint density at radius 2 is 2.11 bits per heavy atom. The number of nitro benzene ring substituents is 1.